The maximum atomic E-state index is 5.92. The van der Waals surface area contributed by atoms with Gasteiger partial charge in [-0.2, -0.15) is 0 Å². The topological polar surface area (TPSA) is 34.6 Å². The molecule has 0 N–H and O–H groups in total. The van der Waals surface area contributed by atoms with Crippen molar-refractivity contribution in [3.63, 3.8) is 0 Å². The molecule has 0 aliphatic heterocycles. The summed E-state index contributed by atoms with van der Waals surface area (Å²) >= 11 is 1.69. The Morgan fingerprint density at radius 1 is 1.04 bits per heavy atom. The van der Waals surface area contributed by atoms with Crippen LogP contribution < -0.4 is 9.47 Å². The van der Waals surface area contributed by atoms with Crippen LogP contribution in [-0.4, -0.2) is 23.5 Å². The van der Waals surface area contributed by atoms with Crippen LogP contribution in [0, 0.1) is 0 Å². The fraction of sp³-hybridized carbons (Fsp3) is 0.286. The van der Waals surface area contributed by atoms with Crippen molar-refractivity contribution in [3.8, 4) is 11.5 Å². The molecule has 0 aliphatic carbocycles. The molecule has 0 bridgehead atoms. The SMILES string of the molecule is CCN(Cc1ccc(OCc2cccs2)c(OC)c1)Cc1ccccn1. The molecule has 0 aliphatic rings. The van der Waals surface area contributed by atoms with E-state index < -0.39 is 0 Å². The van der Waals surface area contributed by atoms with Crippen molar-refractivity contribution in [2.75, 3.05) is 13.7 Å². The van der Waals surface area contributed by atoms with E-state index in [9.17, 15) is 0 Å². The van der Waals surface area contributed by atoms with Gasteiger partial charge in [0.1, 0.15) is 6.61 Å². The molecule has 136 valence electrons. The molecule has 0 amide bonds. The molecule has 3 aromatic rings. The summed E-state index contributed by atoms with van der Waals surface area (Å²) in [5.41, 5.74) is 2.28. The van der Waals surface area contributed by atoms with Crippen molar-refractivity contribution < 1.29 is 9.47 Å². The summed E-state index contributed by atoms with van der Waals surface area (Å²) in [5, 5.41) is 2.06. The summed E-state index contributed by atoms with van der Waals surface area (Å²) in [7, 11) is 1.68. The van der Waals surface area contributed by atoms with E-state index in [1.54, 1.807) is 18.4 Å². The summed E-state index contributed by atoms with van der Waals surface area (Å²) in [6.45, 7) is 5.35. The Balaban J connectivity index is 1.65. The number of hydrogen-bond acceptors (Lipinski definition) is 5. The summed E-state index contributed by atoms with van der Waals surface area (Å²) < 4.78 is 11.5. The van der Waals surface area contributed by atoms with Crippen LogP contribution in [0.2, 0.25) is 0 Å². The average Bonchev–Trinajstić information content (AvgIpc) is 3.20. The first-order chi connectivity index (χ1) is 12.8. The first kappa shape index (κ1) is 18.4. The van der Waals surface area contributed by atoms with Crippen LogP contribution >= 0.6 is 11.3 Å². The predicted octanol–water partition coefficient (Wildman–Crippen LogP) is 4.75. The third-order valence-electron chi connectivity index (χ3n) is 4.14. The third kappa shape index (κ3) is 5.07. The largest absolute Gasteiger partial charge is 0.493 e. The van der Waals surface area contributed by atoms with Gasteiger partial charge in [-0.15, -0.1) is 11.3 Å². The van der Waals surface area contributed by atoms with Crippen molar-refractivity contribution in [2.24, 2.45) is 0 Å². The number of nitrogens with zero attached hydrogens (tertiary/aromatic N) is 2. The minimum atomic E-state index is 0.564. The second kappa shape index (κ2) is 9.36. The lowest BCUT2D eigenvalue weighted by Crippen LogP contribution is -2.22. The molecular weight excluding hydrogens is 344 g/mol. The van der Waals surface area contributed by atoms with Gasteiger partial charge >= 0.3 is 0 Å². The minimum absolute atomic E-state index is 0.564. The van der Waals surface area contributed by atoms with Crippen LogP contribution in [-0.2, 0) is 19.7 Å². The Morgan fingerprint density at radius 2 is 1.96 bits per heavy atom. The molecule has 26 heavy (non-hydrogen) atoms. The van der Waals surface area contributed by atoms with Crippen LogP contribution in [0.5, 0.6) is 11.5 Å². The van der Waals surface area contributed by atoms with Gasteiger partial charge < -0.3 is 9.47 Å². The summed E-state index contributed by atoms with van der Waals surface area (Å²) in [4.78, 5) is 7.97. The van der Waals surface area contributed by atoms with Crippen molar-refractivity contribution in [1.82, 2.24) is 9.88 Å². The molecule has 0 radical (unpaired) electrons. The van der Waals surface area contributed by atoms with Gasteiger partial charge in [0, 0.05) is 24.2 Å². The zero-order chi connectivity index (χ0) is 18.2. The third-order valence-corrected chi connectivity index (χ3v) is 4.99. The molecule has 3 rings (SSSR count). The molecule has 0 saturated carbocycles. The Hall–Kier alpha value is -2.37. The fourth-order valence-electron chi connectivity index (χ4n) is 2.73. The molecule has 0 unspecified atom stereocenters. The van der Waals surface area contributed by atoms with E-state index in [-0.39, 0.29) is 0 Å². The van der Waals surface area contributed by atoms with Gasteiger partial charge in [0.15, 0.2) is 11.5 Å². The monoisotopic (exact) mass is 368 g/mol. The van der Waals surface area contributed by atoms with Crippen LogP contribution in [0.15, 0.2) is 60.1 Å². The minimum Gasteiger partial charge on any atom is -0.493 e. The lowest BCUT2D eigenvalue weighted by molar-refractivity contribution is 0.265. The Labute approximate surface area is 159 Å². The van der Waals surface area contributed by atoms with E-state index in [0.29, 0.717) is 6.61 Å². The molecule has 0 saturated heterocycles. The summed E-state index contributed by atoms with van der Waals surface area (Å²) in [6.07, 6.45) is 1.84. The second-order valence-corrected chi connectivity index (χ2v) is 7.01. The molecule has 5 heteroatoms. The van der Waals surface area contributed by atoms with Gasteiger partial charge in [-0.05, 0) is 47.8 Å². The zero-order valence-corrected chi connectivity index (χ0v) is 16.0. The Kier molecular flexibility index (Phi) is 6.63. The first-order valence-corrected chi connectivity index (χ1v) is 9.60. The number of pyridine rings is 1. The second-order valence-electron chi connectivity index (χ2n) is 5.98. The van der Waals surface area contributed by atoms with Gasteiger partial charge in [0.2, 0.25) is 0 Å². The summed E-state index contributed by atoms with van der Waals surface area (Å²) in [6, 6.07) is 16.3. The Morgan fingerprint density at radius 3 is 2.65 bits per heavy atom. The number of aromatic nitrogens is 1. The van der Waals surface area contributed by atoms with E-state index in [4.69, 9.17) is 9.47 Å². The standard InChI is InChI=1S/C21H24N2O2S/c1-3-23(15-18-7-4-5-11-22-18)14-17-9-10-20(21(13-17)24-2)25-16-19-8-6-12-26-19/h4-13H,3,14-16H2,1-2H3. The van der Waals surface area contributed by atoms with Gasteiger partial charge in [-0.25, -0.2) is 0 Å². The van der Waals surface area contributed by atoms with Crippen molar-refractivity contribution in [2.45, 2.75) is 26.6 Å². The van der Waals surface area contributed by atoms with E-state index in [1.807, 2.05) is 30.5 Å². The highest BCUT2D eigenvalue weighted by Gasteiger charge is 2.10. The smallest absolute Gasteiger partial charge is 0.161 e. The summed E-state index contributed by atoms with van der Waals surface area (Å²) in [5.74, 6) is 1.55. The Bertz CT molecular complexity index is 791. The van der Waals surface area contributed by atoms with Crippen LogP contribution in [0.3, 0.4) is 0 Å². The normalized spacial score (nSPS) is 10.9. The van der Waals surface area contributed by atoms with Gasteiger partial charge in [-0.3, -0.25) is 9.88 Å². The van der Waals surface area contributed by atoms with Crippen molar-refractivity contribution >= 4 is 11.3 Å². The molecule has 2 heterocycles. The maximum Gasteiger partial charge on any atom is 0.161 e. The lowest BCUT2D eigenvalue weighted by Gasteiger charge is -2.21. The van der Waals surface area contributed by atoms with Gasteiger partial charge in [0.05, 0.1) is 12.8 Å². The number of hydrogen-bond donors (Lipinski definition) is 0. The van der Waals surface area contributed by atoms with Crippen LogP contribution in [0.4, 0.5) is 0 Å². The number of ether oxygens (including phenoxy) is 2. The van der Waals surface area contributed by atoms with Gasteiger partial charge in [-0.1, -0.05) is 25.1 Å². The molecule has 1 aromatic carbocycles. The first-order valence-electron chi connectivity index (χ1n) is 8.73. The quantitative estimate of drug-likeness (QED) is 0.546. The van der Waals surface area contributed by atoms with E-state index in [1.165, 1.54) is 10.4 Å². The van der Waals surface area contributed by atoms with Crippen molar-refractivity contribution in [1.29, 1.82) is 0 Å². The molecule has 4 nitrogen and oxygen atoms in total. The molecule has 0 fully saturated rings. The highest BCUT2D eigenvalue weighted by Crippen LogP contribution is 2.29. The number of benzene rings is 1. The average molecular weight is 369 g/mol. The van der Waals surface area contributed by atoms with Crippen molar-refractivity contribution in [3.05, 3.63) is 76.2 Å². The predicted molar refractivity (Wildman–Crippen MR) is 106 cm³/mol. The van der Waals surface area contributed by atoms with Gasteiger partial charge in [0.25, 0.3) is 0 Å². The highest BCUT2D eigenvalue weighted by atomic mass is 32.1. The molecule has 0 atom stereocenters. The molecule has 2 aromatic heterocycles. The number of thiophene rings is 1. The zero-order valence-electron chi connectivity index (χ0n) is 15.2. The van der Waals surface area contributed by atoms with E-state index in [0.717, 1.165) is 36.8 Å². The highest BCUT2D eigenvalue weighted by molar-refractivity contribution is 7.09. The number of methoxy groups -OCH3 is 1. The lowest BCUT2D eigenvalue weighted by atomic mass is 10.1. The number of rotatable bonds is 9. The van der Waals surface area contributed by atoms with Crippen LogP contribution in [0.25, 0.3) is 0 Å². The maximum absolute atomic E-state index is 5.92. The molecule has 0 spiro atoms. The fourth-order valence-corrected chi connectivity index (χ4v) is 3.35. The molecular formula is C21H24N2O2S. The van der Waals surface area contributed by atoms with E-state index in [2.05, 4.69) is 46.5 Å². The van der Waals surface area contributed by atoms with E-state index >= 15 is 0 Å². The van der Waals surface area contributed by atoms with Crippen LogP contribution in [0.1, 0.15) is 23.1 Å².